The summed E-state index contributed by atoms with van der Waals surface area (Å²) in [6.07, 6.45) is 2.37. The molecule has 0 atom stereocenters. The van der Waals surface area contributed by atoms with E-state index in [0.29, 0.717) is 29.8 Å². The van der Waals surface area contributed by atoms with Crippen molar-refractivity contribution in [2.75, 3.05) is 19.0 Å². The molecule has 136 valence electrons. The molecule has 0 aliphatic rings. The highest BCUT2D eigenvalue weighted by Crippen LogP contribution is 2.23. The maximum absolute atomic E-state index is 12.6. The Bertz CT molecular complexity index is 827. The maximum atomic E-state index is 12.6. The van der Waals surface area contributed by atoms with Crippen molar-refractivity contribution in [1.82, 2.24) is 0 Å². The van der Waals surface area contributed by atoms with E-state index in [1.54, 1.807) is 56.5 Å². The molecule has 2 rings (SSSR count). The third-order valence-corrected chi connectivity index (χ3v) is 3.89. The van der Waals surface area contributed by atoms with Crippen molar-refractivity contribution in [2.45, 2.75) is 20.3 Å². The van der Waals surface area contributed by atoms with Gasteiger partial charge in [0.25, 0.3) is 5.91 Å². The Labute approximate surface area is 153 Å². The van der Waals surface area contributed by atoms with Gasteiger partial charge in [0.15, 0.2) is 0 Å². The van der Waals surface area contributed by atoms with Crippen LogP contribution < -0.4 is 10.1 Å². The highest BCUT2D eigenvalue weighted by Gasteiger charge is 2.13. The number of nitrogens with one attached hydrogen (secondary N) is 1. The SMILES string of the molecule is C=CCc1cc(C(=O)Nc2ccc(C(=O)OCC)cc2C)ccc1OC. The van der Waals surface area contributed by atoms with Crippen LogP contribution in [-0.4, -0.2) is 25.6 Å². The van der Waals surface area contributed by atoms with Crippen molar-refractivity contribution in [3.63, 3.8) is 0 Å². The lowest BCUT2D eigenvalue weighted by atomic mass is 10.1. The first-order valence-electron chi connectivity index (χ1n) is 8.37. The minimum atomic E-state index is -0.377. The predicted molar refractivity (Wildman–Crippen MR) is 102 cm³/mol. The Kier molecular flexibility index (Phi) is 6.55. The molecule has 0 aromatic heterocycles. The zero-order valence-corrected chi connectivity index (χ0v) is 15.3. The Hall–Kier alpha value is -3.08. The van der Waals surface area contributed by atoms with Crippen molar-refractivity contribution in [1.29, 1.82) is 0 Å². The van der Waals surface area contributed by atoms with Crippen LogP contribution in [0.3, 0.4) is 0 Å². The molecule has 5 heteroatoms. The summed E-state index contributed by atoms with van der Waals surface area (Å²) < 4.78 is 10.3. The number of anilines is 1. The van der Waals surface area contributed by atoms with Crippen LogP contribution in [0.5, 0.6) is 5.75 Å². The number of amides is 1. The molecule has 26 heavy (non-hydrogen) atoms. The number of hydrogen-bond donors (Lipinski definition) is 1. The van der Waals surface area contributed by atoms with Gasteiger partial charge >= 0.3 is 5.97 Å². The lowest BCUT2D eigenvalue weighted by molar-refractivity contribution is 0.0526. The van der Waals surface area contributed by atoms with Crippen molar-refractivity contribution >= 4 is 17.6 Å². The molecule has 5 nitrogen and oxygen atoms in total. The van der Waals surface area contributed by atoms with Crippen molar-refractivity contribution in [3.8, 4) is 5.75 Å². The number of allylic oxidation sites excluding steroid dienone is 1. The molecule has 0 saturated heterocycles. The number of aryl methyl sites for hydroxylation is 1. The Morgan fingerprint density at radius 2 is 1.88 bits per heavy atom. The van der Waals surface area contributed by atoms with Crippen LogP contribution in [0, 0.1) is 6.92 Å². The first-order chi connectivity index (χ1) is 12.5. The number of carbonyl (C=O) groups is 2. The van der Waals surface area contributed by atoms with Crippen LogP contribution in [0.2, 0.25) is 0 Å². The third kappa shape index (κ3) is 4.51. The second kappa shape index (κ2) is 8.85. The molecule has 0 saturated carbocycles. The standard InChI is InChI=1S/C21H23NO4/c1-5-7-15-13-16(9-11-19(15)25-4)20(23)22-18-10-8-17(12-14(18)3)21(24)26-6-2/h5,8-13H,1,6-7H2,2-4H3,(H,22,23). The Morgan fingerprint density at radius 3 is 2.50 bits per heavy atom. The van der Waals surface area contributed by atoms with Crippen molar-refractivity contribution in [2.24, 2.45) is 0 Å². The molecule has 0 fully saturated rings. The summed E-state index contributed by atoms with van der Waals surface area (Å²) in [5.74, 6) is 0.110. The number of hydrogen-bond acceptors (Lipinski definition) is 4. The minimum Gasteiger partial charge on any atom is -0.496 e. The van der Waals surface area contributed by atoms with Gasteiger partial charge in [-0.3, -0.25) is 4.79 Å². The highest BCUT2D eigenvalue weighted by molar-refractivity contribution is 6.05. The first-order valence-corrected chi connectivity index (χ1v) is 8.37. The topological polar surface area (TPSA) is 64.6 Å². The number of carbonyl (C=O) groups excluding carboxylic acids is 2. The van der Waals surface area contributed by atoms with Crippen LogP contribution in [0.25, 0.3) is 0 Å². The quantitative estimate of drug-likeness (QED) is 0.600. The predicted octanol–water partition coefficient (Wildman–Crippen LogP) is 4.16. The smallest absolute Gasteiger partial charge is 0.338 e. The summed E-state index contributed by atoms with van der Waals surface area (Å²) in [4.78, 5) is 24.4. The Balaban J connectivity index is 2.20. The van der Waals surface area contributed by atoms with E-state index in [9.17, 15) is 9.59 Å². The van der Waals surface area contributed by atoms with Gasteiger partial charge in [-0.25, -0.2) is 4.79 Å². The molecule has 0 spiro atoms. The van der Waals surface area contributed by atoms with Gasteiger partial charge in [0, 0.05) is 11.3 Å². The molecule has 1 N–H and O–H groups in total. The monoisotopic (exact) mass is 353 g/mol. The molecule has 2 aromatic rings. The van der Waals surface area contributed by atoms with Gasteiger partial charge in [0.2, 0.25) is 0 Å². The number of methoxy groups -OCH3 is 1. The van der Waals surface area contributed by atoms with Crippen molar-refractivity contribution in [3.05, 3.63) is 71.3 Å². The largest absolute Gasteiger partial charge is 0.496 e. The summed E-state index contributed by atoms with van der Waals surface area (Å²) >= 11 is 0. The highest BCUT2D eigenvalue weighted by atomic mass is 16.5. The summed E-state index contributed by atoms with van der Waals surface area (Å²) in [7, 11) is 1.59. The van der Waals surface area contributed by atoms with Crippen molar-refractivity contribution < 1.29 is 19.1 Å². The van der Waals surface area contributed by atoms with Gasteiger partial charge in [0.05, 0.1) is 19.3 Å². The minimum absolute atomic E-state index is 0.232. The van der Waals surface area contributed by atoms with Gasteiger partial charge in [-0.05, 0) is 67.8 Å². The summed E-state index contributed by atoms with van der Waals surface area (Å²) in [6, 6.07) is 10.3. The van der Waals surface area contributed by atoms with Gasteiger partial charge in [-0.1, -0.05) is 6.08 Å². The molecular weight excluding hydrogens is 330 g/mol. The van der Waals surface area contributed by atoms with Crippen LogP contribution >= 0.6 is 0 Å². The Morgan fingerprint density at radius 1 is 1.15 bits per heavy atom. The fraction of sp³-hybridized carbons (Fsp3) is 0.238. The van der Waals surface area contributed by atoms with E-state index in [1.165, 1.54) is 0 Å². The molecule has 0 heterocycles. The second-order valence-electron chi connectivity index (χ2n) is 5.72. The third-order valence-electron chi connectivity index (χ3n) is 3.89. The first kappa shape index (κ1) is 19.2. The molecular formula is C21H23NO4. The molecule has 0 aliphatic carbocycles. The number of rotatable bonds is 7. The lowest BCUT2D eigenvalue weighted by Crippen LogP contribution is -2.14. The van der Waals surface area contributed by atoms with Crippen LogP contribution in [0.15, 0.2) is 49.1 Å². The fourth-order valence-electron chi connectivity index (χ4n) is 2.57. The second-order valence-corrected chi connectivity index (χ2v) is 5.72. The maximum Gasteiger partial charge on any atom is 0.338 e. The van der Waals surface area contributed by atoms with E-state index in [-0.39, 0.29) is 11.9 Å². The summed E-state index contributed by atoms with van der Waals surface area (Å²) in [5, 5.41) is 2.87. The molecule has 0 unspecified atom stereocenters. The van der Waals surface area contributed by atoms with E-state index >= 15 is 0 Å². The normalized spacial score (nSPS) is 10.1. The molecule has 1 amide bonds. The number of ether oxygens (including phenoxy) is 2. The average Bonchev–Trinajstić information content (AvgIpc) is 2.63. The van der Waals surface area contributed by atoms with E-state index in [4.69, 9.17) is 9.47 Å². The summed E-state index contributed by atoms with van der Waals surface area (Å²) in [5.41, 5.74) is 3.30. The van der Waals surface area contributed by atoms with E-state index in [2.05, 4.69) is 11.9 Å². The zero-order chi connectivity index (χ0) is 19.1. The van der Waals surface area contributed by atoms with Gasteiger partial charge in [-0.2, -0.15) is 0 Å². The molecule has 0 aliphatic heterocycles. The zero-order valence-electron chi connectivity index (χ0n) is 15.3. The van der Waals surface area contributed by atoms with E-state index < -0.39 is 0 Å². The fourth-order valence-corrected chi connectivity index (χ4v) is 2.57. The molecule has 0 radical (unpaired) electrons. The lowest BCUT2D eigenvalue weighted by Gasteiger charge is -2.12. The van der Waals surface area contributed by atoms with Gasteiger partial charge in [0.1, 0.15) is 5.75 Å². The van der Waals surface area contributed by atoms with Crippen LogP contribution in [-0.2, 0) is 11.2 Å². The van der Waals surface area contributed by atoms with Gasteiger partial charge < -0.3 is 14.8 Å². The van der Waals surface area contributed by atoms with Gasteiger partial charge in [-0.15, -0.1) is 6.58 Å². The van der Waals surface area contributed by atoms with Crippen LogP contribution in [0.1, 0.15) is 38.8 Å². The number of esters is 1. The average molecular weight is 353 g/mol. The molecule has 0 bridgehead atoms. The summed E-state index contributed by atoms with van der Waals surface area (Å²) in [6.45, 7) is 7.63. The number of benzene rings is 2. The van der Waals surface area contributed by atoms with E-state index in [0.717, 1.165) is 16.9 Å². The van der Waals surface area contributed by atoms with Crippen LogP contribution in [0.4, 0.5) is 5.69 Å². The van der Waals surface area contributed by atoms with E-state index in [1.807, 2.05) is 6.92 Å². The molecule has 2 aromatic carbocycles.